The van der Waals surface area contributed by atoms with E-state index in [4.69, 9.17) is 0 Å². The number of hydrogen-bond acceptors (Lipinski definition) is 6. The van der Waals surface area contributed by atoms with Crippen molar-refractivity contribution in [1.29, 1.82) is 0 Å². The molecule has 2 rings (SSSR count). The predicted molar refractivity (Wildman–Crippen MR) is 66.4 cm³/mol. The largest absolute Gasteiger partial charge is 0.290 e. The Kier molecular flexibility index (Phi) is 5.09. The van der Waals surface area contributed by atoms with E-state index in [1.807, 2.05) is 6.92 Å². The number of hydrogen-bond donors (Lipinski definition) is 0. The lowest BCUT2D eigenvalue weighted by Crippen LogP contribution is -2.13. The van der Waals surface area contributed by atoms with E-state index in [-0.39, 0.29) is 12.5 Å². The second-order valence-corrected chi connectivity index (χ2v) is 7.06. The Morgan fingerprint density at radius 1 is 1.17 bits per heavy atom. The molecule has 0 aromatic carbocycles. The summed E-state index contributed by atoms with van der Waals surface area (Å²) < 4.78 is 51.0. The molecule has 2 aliphatic rings. The van der Waals surface area contributed by atoms with Crippen molar-refractivity contribution >= 4 is 20.2 Å². The molecule has 2 heterocycles. The van der Waals surface area contributed by atoms with Crippen LogP contribution in [0.3, 0.4) is 0 Å². The zero-order chi connectivity index (χ0) is 13.8. The fraction of sp³-hybridized carbons (Fsp3) is 0.600. The highest BCUT2D eigenvalue weighted by atomic mass is 32.2. The summed E-state index contributed by atoms with van der Waals surface area (Å²) in [7, 11) is -6.59. The minimum Gasteiger partial charge on any atom is -0.266 e. The van der Waals surface area contributed by atoms with Crippen LogP contribution in [0.25, 0.3) is 0 Å². The maximum atomic E-state index is 10.6. The van der Waals surface area contributed by atoms with Gasteiger partial charge in [-0.15, -0.1) is 0 Å². The van der Waals surface area contributed by atoms with Crippen LogP contribution in [-0.4, -0.2) is 30.0 Å². The van der Waals surface area contributed by atoms with Crippen LogP contribution < -0.4 is 0 Å². The molecule has 0 amide bonds. The minimum atomic E-state index is -3.30. The fourth-order valence-corrected chi connectivity index (χ4v) is 3.12. The fourth-order valence-electron chi connectivity index (χ4n) is 1.19. The van der Waals surface area contributed by atoms with Crippen molar-refractivity contribution < 1.29 is 25.2 Å². The van der Waals surface area contributed by atoms with E-state index in [9.17, 15) is 16.8 Å². The van der Waals surface area contributed by atoms with Crippen molar-refractivity contribution in [1.82, 2.24) is 0 Å². The van der Waals surface area contributed by atoms with E-state index in [2.05, 4.69) is 8.37 Å². The Labute approximate surface area is 108 Å². The zero-order valence-electron chi connectivity index (χ0n) is 10.2. The van der Waals surface area contributed by atoms with Gasteiger partial charge in [0, 0.05) is 0 Å². The molecule has 0 bridgehead atoms. The summed E-state index contributed by atoms with van der Waals surface area (Å²) in [6, 6.07) is 0. The van der Waals surface area contributed by atoms with Gasteiger partial charge in [0.15, 0.2) is 0 Å². The molecule has 0 radical (unpaired) electrons. The van der Waals surface area contributed by atoms with E-state index in [0.717, 1.165) is 22.8 Å². The average Bonchev–Trinajstić information content (AvgIpc) is 2.22. The van der Waals surface area contributed by atoms with E-state index >= 15 is 0 Å². The Morgan fingerprint density at radius 2 is 1.83 bits per heavy atom. The normalized spacial score (nSPS) is 28.8. The van der Waals surface area contributed by atoms with Gasteiger partial charge in [-0.05, 0) is 19.3 Å². The first kappa shape index (κ1) is 15.4. The molecule has 0 spiro atoms. The van der Waals surface area contributed by atoms with Crippen molar-refractivity contribution in [3.05, 3.63) is 22.5 Å². The van der Waals surface area contributed by atoms with Gasteiger partial charge >= 0.3 is 0 Å². The summed E-state index contributed by atoms with van der Waals surface area (Å²) in [5, 5.41) is 2.26. The summed E-state index contributed by atoms with van der Waals surface area (Å²) in [5.41, 5.74) is 0.862. The molecule has 0 N–H and O–H groups in total. The molecule has 18 heavy (non-hydrogen) atoms. The molecule has 8 heteroatoms. The molecule has 0 fully saturated rings. The molecule has 1 atom stereocenters. The smallest absolute Gasteiger partial charge is 0.266 e. The monoisotopic (exact) mass is 296 g/mol. The van der Waals surface area contributed by atoms with Crippen LogP contribution in [0.5, 0.6) is 0 Å². The Balaban J connectivity index is 0.000000180. The van der Waals surface area contributed by atoms with Crippen LogP contribution in [0.1, 0.15) is 20.3 Å². The van der Waals surface area contributed by atoms with Crippen LogP contribution in [-0.2, 0) is 28.6 Å². The Bertz CT molecular complexity index is 541. The van der Waals surface area contributed by atoms with Gasteiger partial charge in [-0.1, -0.05) is 18.6 Å². The topological polar surface area (TPSA) is 86.7 Å². The van der Waals surface area contributed by atoms with Gasteiger partial charge in [-0.3, -0.25) is 8.37 Å². The molecular formula is C10H16O6S2. The molecule has 0 aromatic heterocycles. The van der Waals surface area contributed by atoms with E-state index < -0.39 is 20.2 Å². The Morgan fingerprint density at radius 3 is 2.17 bits per heavy atom. The molecule has 0 aliphatic carbocycles. The lowest BCUT2D eigenvalue weighted by molar-refractivity contribution is 0.286. The van der Waals surface area contributed by atoms with Crippen molar-refractivity contribution in [2.75, 3.05) is 13.2 Å². The van der Waals surface area contributed by atoms with E-state index in [0.29, 0.717) is 6.61 Å². The van der Waals surface area contributed by atoms with Crippen molar-refractivity contribution in [3.8, 4) is 0 Å². The van der Waals surface area contributed by atoms with Crippen molar-refractivity contribution in [2.45, 2.75) is 20.3 Å². The zero-order valence-corrected chi connectivity index (χ0v) is 11.8. The minimum absolute atomic E-state index is 0.216. The molecule has 2 aliphatic heterocycles. The number of rotatable bonds is 0. The van der Waals surface area contributed by atoms with Crippen LogP contribution in [0.4, 0.5) is 0 Å². The molecular weight excluding hydrogens is 280 g/mol. The van der Waals surface area contributed by atoms with Crippen molar-refractivity contribution in [3.63, 3.8) is 0 Å². The summed E-state index contributed by atoms with van der Waals surface area (Å²) in [5.74, 6) is 0.216. The maximum absolute atomic E-state index is 10.6. The van der Waals surface area contributed by atoms with Gasteiger partial charge in [-0.2, -0.15) is 16.8 Å². The first-order chi connectivity index (χ1) is 8.20. The standard InChI is InChI=1S/2C5H8O3S/c1-5-2-3-9(6,7)8-4-5;1-5-2-3-8-9(6,7)4-5/h2-3,5H,4H2,1H3;4H,2-3H2,1H3. The van der Waals surface area contributed by atoms with Gasteiger partial charge < -0.3 is 0 Å². The quantitative estimate of drug-likeness (QED) is 0.623. The van der Waals surface area contributed by atoms with Gasteiger partial charge in [0.25, 0.3) is 20.2 Å². The molecule has 104 valence electrons. The third kappa shape index (κ3) is 5.76. The lowest BCUT2D eigenvalue weighted by atomic mass is 10.2. The van der Waals surface area contributed by atoms with Crippen LogP contribution in [0, 0.1) is 5.92 Å². The van der Waals surface area contributed by atoms with Crippen molar-refractivity contribution in [2.24, 2.45) is 5.92 Å². The van der Waals surface area contributed by atoms with Crippen LogP contribution in [0.2, 0.25) is 0 Å². The maximum Gasteiger partial charge on any atom is 0.290 e. The van der Waals surface area contributed by atoms with E-state index in [1.165, 1.54) is 0 Å². The first-order valence-corrected chi connectivity index (χ1v) is 8.29. The second kappa shape index (κ2) is 5.96. The van der Waals surface area contributed by atoms with Crippen LogP contribution >= 0.6 is 0 Å². The summed E-state index contributed by atoms with van der Waals surface area (Å²) in [4.78, 5) is 0. The highest BCUT2D eigenvalue weighted by Gasteiger charge is 2.14. The summed E-state index contributed by atoms with van der Waals surface area (Å²) >= 11 is 0. The lowest BCUT2D eigenvalue weighted by Gasteiger charge is -2.10. The van der Waals surface area contributed by atoms with E-state index in [1.54, 1.807) is 13.0 Å². The molecule has 6 nitrogen and oxygen atoms in total. The summed E-state index contributed by atoms with van der Waals surface area (Å²) in [6.45, 7) is 4.24. The summed E-state index contributed by atoms with van der Waals surface area (Å²) in [6.07, 6.45) is 2.35. The van der Waals surface area contributed by atoms with Crippen LogP contribution in [0.15, 0.2) is 22.5 Å². The SMILES string of the molecule is CC1=CS(=O)(=O)OCC1.CC1C=CS(=O)(=O)OC1. The molecule has 0 aromatic rings. The third-order valence-electron chi connectivity index (χ3n) is 2.16. The van der Waals surface area contributed by atoms with Gasteiger partial charge in [0.1, 0.15) is 0 Å². The predicted octanol–water partition coefficient (Wildman–Crippen LogP) is 1.14. The van der Waals surface area contributed by atoms with Gasteiger partial charge in [-0.25, -0.2) is 0 Å². The first-order valence-electron chi connectivity index (χ1n) is 5.34. The molecule has 0 saturated carbocycles. The average molecular weight is 296 g/mol. The Hall–Kier alpha value is -0.700. The second-order valence-electron chi connectivity index (χ2n) is 4.11. The molecule has 0 saturated heterocycles. The van der Waals surface area contributed by atoms with Gasteiger partial charge in [0.2, 0.25) is 0 Å². The third-order valence-corrected chi connectivity index (χ3v) is 4.30. The van der Waals surface area contributed by atoms with Gasteiger partial charge in [0.05, 0.1) is 24.0 Å². The highest BCUT2D eigenvalue weighted by Crippen LogP contribution is 2.12. The highest BCUT2D eigenvalue weighted by molar-refractivity contribution is 7.90. The molecule has 1 unspecified atom stereocenters.